The van der Waals surface area contributed by atoms with Crippen molar-refractivity contribution in [2.75, 3.05) is 0 Å². The molecule has 7 nitrogen and oxygen atoms in total. The number of sulfonamides is 1. The summed E-state index contributed by atoms with van der Waals surface area (Å²) >= 11 is 0. The number of carboxylic acids is 1. The molecular weight excluding hydrogens is 272 g/mol. The lowest BCUT2D eigenvalue weighted by molar-refractivity contribution is -0.138. The Hall–Kier alpha value is -1.93. The lowest BCUT2D eigenvalue weighted by Crippen LogP contribution is -2.38. The molecule has 0 saturated heterocycles. The second kappa shape index (κ2) is 5.81. The molecule has 0 bridgehead atoms. The summed E-state index contributed by atoms with van der Waals surface area (Å²) in [4.78, 5) is 22.3. The fourth-order valence-corrected chi connectivity index (χ4v) is 2.02. The summed E-state index contributed by atoms with van der Waals surface area (Å²) in [6.07, 6.45) is 0. The van der Waals surface area contributed by atoms with Crippen molar-refractivity contribution in [3.63, 3.8) is 0 Å². The van der Waals surface area contributed by atoms with Crippen LogP contribution in [0.5, 0.6) is 0 Å². The highest BCUT2D eigenvalue weighted by Gasteiger charge is 2.15. The van der Waals surface area contributed by atoms with Gasteiger partial charge in [-0.3, -0.25) is 9.59 Å². The molecule has 0 radical (unpaired) electrons. The van der Waals surface area contributed by atoms with E-state index in [4.69, 9.17) is 10.2 Å². The van der Waals surface area contributed by atoms with E-state index in [2.05, 4.69) is 5.32 Å². The Morgan fingerprint density at radius 2 is 2.05 bits per heavy atom. The zero-order valence-corrected chi connectivity index (χ0v) is 11.0. The highest BCUT2D eigenvalue weighted by atomic mass is 32.2. The van der Waals surface area contributed by atoms with Gasteiger partial charge in [0.15, 0.2) is 0 Å². The van der Waals surface area contributed by atoms with E-state index < -0.39 is 27.9 Å². The summed E-state index contributed by atoms with van der Waals surface area (Å²) in [6, 6.07) is 4.79. The number of amides is 1. The molecule has 1 amide bonds. The van der Waals surface area contributed by atoms with Gasteiger partial charge in [-0.15, -0.1) is 0 Å². The Kier molecular flexibility index (Phi) is 4.62. The third-order valence-electron chi connectivity index (χ3n) is 2.28. The highest BCUT2D eigenvalue weighted by Crippen LogP contribution is 2.08. The third-order valence-corrected chi connectivity index (χ3v) is 3.01. The van der Waals surface area contributed by atoms with Gasteiger partial charge in [0, 0.05) is 5.56 Å². The van der Waals surface area contributed by atoms with E-state index in [1.807, 2.05) is 0 Å². The minimum absolute atomic E-state index is 0.175. The van der Waals surface area contributed by atoms with Crippen LogP contribution in [0.2, 0.25) is 0 Å². The molecule has 0 heterocycles. The van der Waals surface area contributed by atoms with Crippen LogP contribution in [0.15, 0.2) is 24.3 Å². The van der Waals surface area contributed by atoms with Crippen LogP contribution in [-0.4, -0.2) is 31.4 Å². The monoisotopic (exact) mass is 286 g/mol. The third kappa shape index (κ3) is 5.06. The van der Waals surface area contributed by atoms with E-state index in [-0.39, 0.29) is 11.3 Å². The minimum Gasteiger partial charge on any atom is -0.480 e. The largest absolute Gasteiger partial charge is 0.480 e. The van der Waals surface area contributed by atoms with Gasteiger partial charge in [0.05, 0.1) is 5.75 Å². The smallest absolute Gasteiger partial charge is 0.325 e. The maximum atomic E-state index is 11.7. The number of carboxylic acid groups (broad SMARTS) is 1. The average molecular weight is 286 g/mol. The van der Waals surface area contributed by atoms with Crippen LogP contribution in [0.1, 0.15) is 22.8 Å². The van der Waals surface area contributed by atoms with Crippen molar-refractivity contribution in [3.05, 3.63) is 35.4 Å². The lowest BCUT2D eigenvalue weighted by Gasteiger charge is -2.09. The molecule has 0 spiro atoms. The maximum absolute atomic E-state index is 11.7. The van der Waals surface area contributed by atoms with Gasteiger partial charge in [-0.2, -0.15) is 0 Å². The molecule has 1 aromatic carbocycles. The number of aliphatic carboxylic acids is 1. The molecule has 1 aromatic rings. The first-order valence-electron chi connectivity index (χ1n) is 5.32. The van der Waals surface area contributed by atoms with E-state index >= 15 is 0 Å². The molecule has 0 saturated carbocycles. The number of rotatable bonds is 5. The molecule has 0 unspecified atom stereocenters. The molecule has 0 aliphatic rings. The molecule has 0 fully saturated rings. The number of primary sulfonamides is 1. The van der Waals surface area contributed by atoms with Gasteiger partial charge in [0.25, 0.3) is 5.91 Å². The van der Waals surface area contributed by atoms with Crippen molar-refractivity contribution in [1.82, 2.24) is 5.32 Å². The lowest BCUT2D eigenvalue weighted by atomic mass is 10.1. The molecule has 1 atom stereocenters. The topological polar surface area (TPSA) is 127 Å². The molecule has 0 aromatic heterocycles. The number of carbonyl (C=O) groups is 2. The Morgan fingerprint density at radius 3 is 2.58 bits per heavy atom. The van der Waals surface area contributed by atoms with E-state index in [1.165, 1.54) is 31.2 Å². The SMILES string of the molecule is C[C@H](NC(=O)c1cccc(CS(N)(=O)=O)c1)C(=O)O. The van der Waals surface area contributed by atoms with E-state index in [0.717, 1.165) is 0 Å². The van der Waals surface area contributed by atoms with Crippen molar-refractivity contribution in [2.45, 2.75) is 18.7 Å². The van der Waals surface area contributed by atoms with Crippen LogP contribution in [-0.2, 0) is 20.6 Å². The maximum Gasteiger partial charge on any atom is 0.325 e. The van der Waals surface area contributed by atoms with Crippen LogP contribution in [0.3, 0.4) is 0 Å². The molecule has 0 aliphatic carbocycles. The number of carbonyl (C=O) groups excluding carboxylic acids is 1. The number of hydrogen-bond donors (Lipinski definition) is 3. The van der Waals surface area contributed by atoms with Crippen LogP contribution in [0.25, 0.3) is 0 Å². The number of nitrogens with one attached hydrogen (secondary N) is 1. The van der Waals surface area contributed by atoms with E-state index in [0.29, 0.717) is 5.56 Å². The standard InChI is InChI=1S/C11H14N2O5S/c1-7(11(15)16)13-10(14)9-4-2-3-8(5-9)6-19(12,17)18/h2-5,7H,6H2,1H3,(H,13,14)(H,15,16)(H2,12,17,18)/t7-/m0/s1. The van der Waals surface area contributed by atoms with Crippen molar-refractivity contribution >= 4 is 21.9 Å². The van der Waals surface area contributed by atoms with Crippen LogP contribution in [0, 0.1) is 0 Å². The summed E-state index contributed by atoms with van der Waals surface area (Å²) in [5.41, 5.74) is 0.535. The summed E-state index contributed by atoms with van der Waals surface area (Å²) in [7, 11) is -3.68. The second-order valence-corrected chi connectivity index (χ2v) is 5.66. The fraction of sp³-hybridized carbons (Fsp3) is 0.273. The minimum atomic E-state index is -3.68. The van der Waals surface area contributed by atoms with Crippen molar-refractivity contribution in [3.8, 4) is 0 Å². The summed E-state index contributed by atoms with van der Waals surface area (Å²) in [5, 5.41) is 15.8. The van der Waals surface area contributed by atoms with Crippen LogP contribution < -0.4 is 10.5 Å². The zero-order valence-electron chi connectivity index (χ0n) is 10.2. The Bertz CT molecular complexity index is 597. The molecule has 4 N–H and O–H groups in total. The van der Waals surface area contributed by atoms with Gasteiger partial charge in [-0.1, -0.05) is 12.1 Å². The Morgan fingerprint density at radius 1 is 1.42 bits per heavy atom. The fourth-order valence-electron chi connectivity index (χ4n) is 1.38. The zero-order chi connectivity index (χ0) is 14.6. The van der Waals surface area contributed by atoms with Gasteiger partial charge < -0.3 is 10.4 Å². The van der Waals surface area contributed by atoms with E-state index in [9.17, 15) is 18.0 Å². The average Bonchev–Trinajstić information content (AvgIpc) is 2.26. The molecular formula is C11H14N2O5S. The Labute approximate surface area is 110 Å². The summed E-state index contributed by atoms with van der Waals surface area (Å²) in [5.74, 6) is -2.14. The van der Waals surface area contributed by atoms with Crippen molar-refractivity contribution in [2.24, 2.45) is 5.14 Å². The van der Waals surface area contributed by atoms with Gasteiger partial charge in [0.1, 0.15) is 6.04 Å². The molecule has 104 valence electrons. The van der Waals surface area contributed by atoms with Gasteiger partial charge in [0.2, 0.25) is 10.0 Å². The number of hydrogen-bond acceptors (Lipinski definition) is 4. The first-order valence-corrected chi connectivity index (χ1v) is 7.03. The van der Waals surface area contributed by atoms with Crippen molar-refractivity contribution < 1.29 is 23.1 Å². The quantitative estimate of drug-likeness (QED) is 0.683. The summed E-state index contributed by atoms with van der Waals surface area (Å²) in [6.45, 7) is 1.33. The molecule has 1 rings (SSSR count). The van der Waals surface area contributed by atoms with Gasteiger partial charge >= 0.3 is 5.97 Å². The highest BCUT2D eigenvalue weighted by molar-refractivity contribution is 7.88. The van der Waals surface area contributed by atoms with Gasteiger partial charge in [-0.05, 0) is 24.6 Å². The van der Waals surface area contributed by atoms with Gasteiger partial charge in [-0.25, -0.2) is 13.6 Å². The van der Waals surface area contributed by atoms with Crippen LogP contribution >= 0.6 is 0 Å². The van der Waals surface area contributed by atoms with Crippen LogP contribution in [0.4, 0.5) is 0 Å². The first-order chi connectivity index (χ1) is 8.69. The number of benzene rings is 1. The predicted octanol–water partition coefficient (Wildman–Crippen LogP) is -0.322. The normalized spacial score (nSPS) is 12.7. The Balaban J connectivity index is 2.87. The van der Waals surface area contributed by atoms with Crippen molar-refractivity contribution in [1.29, 1.82) is 0 Å². The summed E-state index contributed by atoms with van der Waals surface area (Å²) < 4.78 is 21.9. The predicted molar refractivity (Wildman–Crippen MR) is 67.8 cm³/mol. The van der Waals surface area contributed by atoms with E-state index in [1.54, 1.807) is 0 Å². The number of nitrogens with two attached hydrogens (primary N) is 1. The molecule has 8 heteroatoms. The first kappa shape index (κ1) is 15.1. The molecule has 19 heavy (non-hydrogen) atoms. The second-order valence-electron chi connectivity index (χ2n) is 4.04. The molecule has 0 aliphatic heterocycles.